The van der Waals surface area contributed by atoms with Gasteiger partial charge in [0.15, 0.2) is 5.65 Å². The third-order valence-electron chi connectivity index (χ3n) is 5.77. The number of amides is 1. The Morgan fingerprint density at radius 1 is 1.30 bits per heavy atom. The fraction of sp³-hybridized carbons (Fsp3) is 0.261. The molecular formula is C23H23N5O2. The number of furan rings is 1. The summed E-state index contributed by atoms with van der Waals surface area (Å²) in [5.74, 6) is 0.448. The molecule has 1 aliphatic heterocycles. The Hall–Kier alpha value is -3.61. The van der Waals surface area contributed by atoms with Gasteiger partial charge in [0.25, 0.3) is 5.91 Å². The smallest absolute Gasteiger partial charge is 0.259 e. The molecule has 0 fully saturated rings. The van der Waals surface area contributed by atoms with Crippen LogP contribution in [0.2, 0.25) is 0 Å². The summed E-state index contributed by atoms with van der Waals surface area (Å²) in [6, 6.07) is 12.4. The number of rotatable bonds is 4. The van der Waals surface area contributed by atoms with Gasteiger partial charge in [-0.25, -0.2) is 4.98 Å². The molecule has 0 saturated heterocycles. The number of fused-ring (bicyclic) bond motifs is 2. The number of carbonyl (C=O) groups is 1. The molecule has 4 heterocycles. The average molecular weight is 401 g/mol. The quantitative estimate of drug-likeness (QED) is 0.558. The monoisotopic (exact) mass is 401 g/mol. The molecule has 0 saturated carbocycles. The molecule has 4 aromatic rings. The van der Waals surface area contributed by atoms with Crippen molar-refractivity contribution in [3.63, 3.8) is 0 Å². The van der Waals surface area contributed by atoms with Gasteiger partial charge in [-0.15, -0.1) is 0 Å². The van der Waals surface area contributed by atoms with Crippen LogP contribution in [0.3, 0.4) is 0 Å². The average Bonchev–Trinajstić information content (AvgIpc) is 3.40. The molecule has 1 amide bonds. The van der Waals surface area contributed by atoms with Gasteiger partial charge >= 0.3 is 0 Å². The molecule has 1 aliphatic rings. The Morgan fingerprint density at radius 2 is 2.13 bits per heavy atom. The molecular weight excluding hydrogens is 378 g/mol. The van der Waals surface area contributed by atoms with E-state index < -0.39 is 0 Å². The number of benzene rings is 1. The van der Waals surface area contributed by atoms with E-state index in [9.17, 15) is 4.79 Å². The maximum absolute atomic E-state index is 13.0. The summed E-state index contributed by atoms with van der Waals surface area (Å²) in [4.78, 5) is 19.7. The van der Waals surface area contributed by atoms with Crippen molar-refractivity contribution in [2.45, 2.75) is 32.9 Å². The predicted molar refractivity (Wildman–Crippen MR) is 116 cm³/mol. The molecule has 3 aromatic heterocycles. The number of carbonyl (C=O) groups excluding carboxylic acids is 1. The first-order valence-corrected chi connectivity index (χ1v) is 10.0. The normalized spacial score (nSPS) is 15.6. The van der Waals surface area contributed by atoms with Crippen molar-refractivity contribution >= 4 is 28.3 Å². The molecule has 1 aromatic carbocycles. The summed E-state index contributed by atoms with van der Waals surface area (Å²) in [5.41, 5.74) is 5.37. The number of pyridine rings is 1. The second-order valence-electron chi connectivity index (χ2n) is 7.83. The van der Waals surface area contributed by atoms with Crippen molar-refractivity contribution in [1.29, 1.82) is 0 Å². The molecule has 0 aliphatic carbocycles. The molecule has 1 atom stereocenters. The Morgan fingerprint density at radius 3 is 3.00 bits per heavy atom. The summed E-state index contributed by atoms with van der Waals surface area (Å²) < 4.78 is 7.45. The topological polar surface area (TPSA) is 76.2 Å². The van der Waals surface area contributed by atoms with Crippen LogP contribution in [0.15, 0.2) is 53.3 Å². The first kappa shape index (κ1) is 18.4. The summed E-state index contributed by atoms with van der Waals surface area (Å²) in [5, 5.41) is 8.25. The van der Waals surface area contributed by atoms with Crippen molar-refractivity contribution < 1.29 is 9.21 Å². The molecule has 0 bridgehead atoms. The van der Waals surface area contributed by atoms with E-state index in [1.165, 1.54) is 11.3 Å². The van der Waals surface area contributed by atoms with Crippen molar-refractivity contribution in [2.24, 2.45) is 7.05 Å². The number of aromatic nitrogens is 3. The van der Waals surface area contributed by atoms with Crippen LogP contribution >= 0.6 is 0 Å². The highest BCUT2D eigenvalue weighted by Gasteiger charge is 2.28. The lowest BCUT2D eigenvalue weighted by Crippen LogP contribution is -2.29. The van der Waals surface area contributed by atoms with Gasteiger partial charge in [0.1, 0.15) is 5.76 Å². The zero-order valence-electron chi connectivity index (χ0n) is 17.2. The minimum atomic E-state index is -0.207. The molecule has 30 heavy (non-hydrogen) atoms. The van der Waals surface area contributed by atoms with Gasteiger partial charge in [-0.1, -0.05) is 18.2 Å². The Bertz CT molecular complexity index is 1260. The molecule has 152 valence electrons. The highest BCUT2D eigenvalue weighted by Crippen LogP contribution is 2.33. The molecule has 1 N–H and O–H groups in total. The largest absolute Gasteiger partial charge is 0.467 e. The number of nitrogens with one attached hydrogen (secondary N) is 1. The van der Waals surface area contributed by atoms with E-state index in [4.69, 9.17) is 4.42 Å². The van der Waals surface area contributed by atoms with E-state index in [0.717, 1.165) is 23.1 Å². The van der Waals surface area contributed by atoms with E-state index in [-0.39, 0.29) is 5.91 Å². The SMILES string of the molecule is Cc1nn(C)c2ncc(NC(=O)c3ccoc3CN3c4ccccc4CC3C)cc12. The van der Waals surface area contributed by atoms with Crippen LogP contribution in [-0.4, -0.2) is 26.7 Å². The summed E-state index contributed by atoms with van der Waals surface area (Å²) >= 11 is 0. The molecule has 7 heteroatoms. The van der Waals surface area contributed by atoms with Crippen molar-refractivity contribution in [2.75, 3.05) is 10.2 Å². The number of para-hydroxylation sites is 1. The van der Waals surface area contributed by atoms with E-state index in [0.29, 0.717) is 29.6 Å². The minimum absolute atomic E-state index is 0.207. The van der Waals surface area contributed by atoms with Crippen LogP contribution in [0.25, 0.3) is 11.0 Å². The zero-order valence-corrected chi connectivity index (χ0v) is 17.2. The Kier molecular flexibility index (Phi) is 4.31. The van der Waals surface area contributed by atoms with Gasteiger partial charge in [0.2, 0.25) is 0 Å². The Balaban J connectivity index is 1.38. The molecule has 7 nitrogen and oxygen atoms in total. The van der Waals surface area contributed by atoms with Gasteiger partial charge in [-0.05, 0) is 44.0 Å². The number of nitrogens with zero attached hydrogens (tertiary/aromatic N) is 4. The zero-order chi connectivity index (χ0) is 20.8. The van der Waals surface area contributed by atoms with Crippen molar-refractivity contribution in [3.8, 4) is 0 Å². The van der Waals surface area contributed by atoms with Crippen LogP contribution in [-0.2, 0) is 20.0 Å². The highest BCUT2D eigenvalue weighted by atomic mass is 16.3. The third-order valence-corrected chi connectivity index (χ3v) is 5.77. The lowest BCUT2D eigenvalue weighted by Gasteiger charge is -2.24. The van der Waals surface area contributed by atoms with Crippen LogP contribution in [0, 0.1) is 6.92 Å². The molecule has 0 spiro atoms. The van der Waals surface area contributed by atoms with E-state index in [2.05, 4.69) is 45.4 Å². The van der Waals surface area contributed by atoms with Gasteiger partial charge in [0, 0.05) is 24.2 Å². The highest BCUT2D eigenvalue weighted by molar-refractivity contribution is 6.05. The van der Waals surface area contributed by atoms with Crippen LogP contribution < -0.4 is 10.2 Å². The van der Waals surface area contributed by atoms with Gasteiger partial charge in [0.05, 0.1) is 35.9 Å². The number of anilines is 2. The number of hydrogen-bond acceptors (Lipinski definition) is 5. The van der Waals surface area contributed by atoms with Crippen LogP contribution in [0.4, 0.5) is 11.4 Å². The molecule has 5 rings (SSSR count). The lowest BCUT2D eigenvalue weighted by molar-refractivity contribution is 0.102. The van der Waals surface area contributed by atoms with Gasteiger partial charge in [-0.3, -0.25) is 9.48 Å². The fourth-order valence-electron chi connectivity index (χ4n) is 4.27. The third kappa shape index (κ3) is 3.03. The van der Waals surface area contributed by atoms with E-state index >= 15 is 0 Å². The second kappa shape index (κ2) is 7.02. The van der Waals surface area contributed by atoms with Gasteiger partial charge < -0.3 is 14.6 Å². The Labute approximate surface area is 174 Å². The van der Waals surface area contributed by atoms with Crippen LogP contribution in [0.5, 0.6) is 0 Å². The van der Waals surface area contributed by atoms with Gasteiger partial charge in [-0.2, -0.15) is 5.10 Å². The number of hydrogen-bond donors (Lipinski definition) is 1. The maximum atomic E-state index is 13.0. The van der Waals surface area contributed by atoms with Crippen molar-refractivity contribution in [1.82, 2.24) is 14.8 Å². The maximum Gasteiger partial charge on any atom is 0.259 e. The fourth-order valence-corrected chi connectivity index (χ4v) is 4.27. The minimum Gasteiger partial charge on any atom is -0.467 e. The van der Waals surface area contributed by atoms with E-state index in [1.807, 2.05) is 26.1 Å². The molecule has 0 radical (unpaired) electrons. The van der Waals surface area contributed by atoms with Crippen molar-refractivity contribution in [3.05, 3.63) is 71.4 Å². The van der Waals surface area contributed by atoms with E-state index in [1.54, 1.807) is 23.2 Å². The first-order chi connectivity index (χ1) is 14.5. The number of aryl methyl sites for hydroxylation is 2. The first-order valence-electron chi connectivity index (χ1n) is 10.0. The molecule has 1 unspecified atom stereocenters. The summed E-state index contributed by atoms with van der Waals surface area (Å²) in [6.45, 7) is 4.67. The predicted octanol–water partition coefficient (Wildman–Crippen LogP) is 4.07. The summed E-state index contributed by atoms with van der Waals surface area (Å²) in [6.07, 6.45) is 4.22. The standard InChI is InChI=1S/C23H23N5O2/c1-14-10-16-6-4-5-7-20(16)28(14)13-21-18(8-9-30-21)23(29)25-17-11-19-15(2)26-27(3)22(19)24-12-17/h4-9,11-12,14H,10,13H2,1-3H3,(H,25,29). The second-order valence-corrected chi connectivity index (χ2v) is 7.83. The summed E-state index contributed by atoms with van der Waals surface area (Å²) in [7, 11) is 1.86. The van der Waals surface area contributed by atoms with Crippen LogP contribution in [0.1, 0.15) is 34.3 Å². The lowest BCUT2D eigenvalue weighted by atomic mass is 10.1.